The van der Waals surface area contributed by atoms with Crippen molar-refractivity contribution in [3.8, 4) is 0 Å². The number of aliphatic hydroxyl groups excluding tert-OH is 2. The lowest BCUT2D eigenvalue weighted by Crippen LogP contribution is -2.54. The summed E-state index contributed by atoms with van der Waals surface area (Å²) in [6.07, 6.45) is 3.89. The second-order valence-corrected chi connectivity index (χ2v) is 11.0. The molecule has 1 amide bonds. The number of aryl methyl sites for hydroxylation is 1. The first-order valence-electron chi connectivity index (χ1n) is 13.9. The van der Waals surface area contributed by atoms with Crippen LogP contribution in [0.3, 0.4) is 0 Å². The highest BCUT2D eigenvalue weighted by Gasteiger charge is 2.27. The molecule has 0 spiro atoms. The first-order chi connectivity index (χ1) is 17.6. The SMILES string of the molecule is CCC(/C=C(\C)N1CCN(C(C)C)C(O)C1)=C(/C)C(=O)N(C)C[C@H](O)CN1CCCc2ccccc2C1. The van der Waals surface area contributed by atoms with E-state index in [2.05, 4.69) is 72.7 Å². The van der Waals surface area contributed by atoms with Crippen molar-refractivity contribution in [3.05, 3.63) is 58.3 Å². The molecule has 2 aliphatic heterocycles. The predicted molar refractivity (Wildman–Crippen MR) is 150 cm³/mol. The van der Waals surface area contributed by atoms with Gasteiger partial charge in [-0.25, -0.2) is 0 Å². The zero-order valence-corrected chi connectivity index (χ0v) is 23.8. The lowest BCUT2D eigenvalue weighted by molar-refractivity contribution is -0.127. The Morgan fingerprint density at radius 1 is 1.16 bits per heavy atom. The van der Waals surface area contributed by atoms with Gasteiger partial charge in [0, 0.05) is 57.1 Å². The summed E-state index contributed by atoms with van der Waals surface area (Å²) in [6, 6.07) is 8.86. The molecule has 0 saturated carbocycles. The minimum absolute atomic E-state index is 0.0502. The Morgan fingerprint density at radius 3 is 2.51 bits per heavy atom. The number of rotatable bonds is 9. The van der Waals surface area contributed by atoms with Gasteiger partial charge in [0.05, 0.1) is 12.6 Å². The fourth-order valence-corrected chi connectivity index (χ4v) is 5.62. The van der Waals surface area contributed by atoms with E-state index in [0.29, 0.717) is 31.2 Å². The molecule has 37 heavy (non-hydrogen) atoms. The quantitative estimate of drug-likeness (QED) is 0.391. The Bertz CT molecular complexity index is 973. The monoisotopic (exact) mass is 512 g/mol. The Balaban J connectivity index is 1.59. The number of β-amino-alcohol motifs (C(OH)–C–C–N with tert-alkyl or cyclic N) is 2. The van der Waals surface area contributed by atoms with Gasteiger partial charge in [0.1, 0.15) is 6.23 Å². The van der Waals surface area contributed by atoms with E-state index < -0.39 is 12.3 Å². The van der Waals surface area contributed by atoms with Gasteiger partial charge in [-0.05, 0) is 76.3 Å². The first kappa shape index (κ1) is 29.4. The number of carbonyl (C=O) groups excluding carboxylic acids is 1. The summed E-state index contributed by atoms with van der Waals surface area (Å²) in [5.41, 5.74) is 5.51. The Morgan fingerprint density at radius 2 is 1.86 bits per heavy atom. The van der Waals surface area contributed by atoms with Gasteiger partial charge in [0.25, 0.3) is 0 Å². The van der Waals surface area contributed by atoms with Crippen LogP contribution < -0.4 is 0 Å². The maximum Gasteiger partial charge on any atom is 0.249 e. The van der Waals surface area contributed by atoms with Gasteiger partial charge in [-0.3, -0.25) is 14.6 Å². The van der Waals surface area contributed by atoms with Crippen molar-refractivity contribution in [1.82, 2.24) is 19.6 Å². The van der Waals surface area contributed by atoms with Crippen molar-refractivity contribution >= 4 is 5.91 Å². The molecule has 3 rings (SSSR count). The molecular formula is C30H48N4O3. The smallest absolute Gasteiger partial charge is 0.249 e. The molecule has 7 heteroatoms. The van der Waals surface area contributed by atoms with Crippen molar-refractivity contribution in [3.63, 3.8) is 0 Å². The lowest BCUT2D eigenvalue weighted by atomic mass is 10.0. The molecule has 2 atom stereocenters. The molecule has 1 unspecified atom stereocenters. The Labute approximate surface area is 224 Å². The number of likely N-dealkylation sites (N-methyl/N-ethyl adjacent to an activating group) is 1. The molecule has 7 nitrogen and oxygen atoms in total. The van der Waals surface area contributed by atoms with Crippen LogP contribution in [-0.4, -0.2) is 100 Å². The van der Waals surface area contributed by atoms with E-state index in [4.69, 9.17) is 0 Å². The fraction of sp³-hybridized carbons (Fsp3) is 0.633. The van der Waals surface area contributed by atoms with E-state index in [9.17, 15) is 15.0 Å². The van der Waals surface area contributed by atoms with Crippen LogP contribution in [0, 0.1) is 0 Å². The Kier molecular flexibility index (Phi) is 10.8. The maximum atomic E-state index is 13.3. The van der Waals surface area contributed by atoms with Crippen molar-refractivity contribution in [1.29, 1.82) is 0 Å². The minimum Gasteiger partial charge on any atom is -0.390 e. The van der Waals surface area contributed by atoms with Gasteiger partial charge in [-0.2, -0.15) is 0 Å². The Hall–Kier alpha value is -2.19. The van der Waals surface area contributed by atoms with E-state index >= 15 is 0 Å². The van der Waals surface area contributed by atoms with Gasteiger partial charge >= 0.3 is 0 Å². The van der Waals surface area contributed by atoms with Crippen molar-refractivity contribution in [2.45, 2.75) is 78.8 Å². The van der Waals surface area contributed by atoms with E-state index in [1.807, 2.05) is 6.92 Å². The van der Waals surface area contributed by atoms with Crippen molar-refractivity contribution < 1.29 is 15.0 Å². The molecule has 206 valence electrons. The molecule has 1 fully saturated rings. The topological polar surface area (TPSA) is 70.5 Å². The zero-order chi connectivity index (χ0) is 27.1. The number of fused-ring (bicyclic) bond motifs is 1. The highest BCUT2D eigenvalue weighted by atomic mass is 16.3. The normalized spacial score (nSPS) is 21.4. The third-order valence-electron chi connectivity index (χ3n) is 7.86. The average molecular weight is 513 g/mol. The van der Waals surface area contributed by atoms with Crippen molar-refractivity contribution in [2.24, 2.45) is 0 Å². The largest absolute Gasteiger partial charge is 0.390 e. The number of allylic oxidation sites excluding steroid dienone is 3. The molecule has 0 aliphatic carbocycles. The van der Waals surface area contributed by atoms with E-state index in [-0.39, 0.29) is 5.91 Å². The van der Waals surface area contributed by atoms with E-state index in [1.165, 1.54) is 11.1 Å². The van der Waals surface area contributed by atoms with E-state index in [0.717, 1.165) is 56.7 Å². The van der Waals surface area contributed by atoms with Crippen molar-refractivity contribution in [2.75, 3.05) is 46.3 Å². The van der Waals surface area contributed by atoms with Crippen LogP contribution in [0.15, 0.2) is 47.2 Å². The van der Waals surface area contributed by atoms with Crippen LogP contribution in [0.4, 0.5) is 0 Å². The minimum atomic E-state index is -0.604. The molecule has 2 N–H and O–H groups in total. The second-order valence-electron chi connectivity index (χ2n) is 11.0. The van der Waals surface area contributed by atoms with E-state index in [1.54, 1.807) is 11.9 Å². The average Bonchev–Trinajstić information content (AvgIpc) is 3.07. The number of piperazine rings is 1. The molecule has 0 aromatic heterocycles. The van der Waals surface area contributed by atoms with Gasteiger partial charge in [0.2, 0.25) is 5.91 Å². The highest BCUT2D eigenvalue weighted by molar-refractivity contribution is 5.94. The molecule has 0 bridgehead atoms. The summed E-state index contributed by atoms with van der Waals surface area (Å²) in [5, 5.41) is 21.4. The maximum absolute atomic E-state index is 13.3. The number of nitrogens with zero attached hydrogens (tertiary/aromatic N) is 4. The third kappa shape index (κ3) is 7.90. The van der Waals surface area contributed by atoms with Gasteiger partial charge in [-0.1, -0.05) is 31.2 Å². The number of aliphatic hydroxyl groups is 2. The molecule has 1 aromatic rings. The molecule has 1 aromatic carbocycles. The van der Waals surface area contributed by atoms with Gasteiger partial charge in [-0.15, -0.1) is 0 Å². The summed E-state index contributed by atoms with van der Waals surface area (Å²) in [5.74, 6) is -0.0502. The molecule has 2 heterocycles. The third-order valence-corrected chi connectivity index (χ3v) is 7.86. The van der Waals surface area contributed by atoms with Gasteiger partial charge in [0.15, 0.2) is 0 Å². The number of carbonyl (C=O) groups is 1. The van der Waals surface area contributed by atoms with Crippen LogP contribution in [0.25, 0.3) is 0 Å². The molecule has 0 radical (unpaired) electrons. The first-order valence-corrected chi connectivity index (χ1v) is 13.9. The summed E-state index contributed by atoms with van der Waals surface area (Å²) >= 11 is 0. The number of amides is 1. The highest BCUT2D eigenvalue weighted by Crippen LogP contribution is 2.21. The summed E-state index contributed by atoms with van der Waals surface area (Å²) < 4.78 is 0. The summed E-state index contributed by atoms with van der Waals surface area (Å²) in [4.78, 5) is 21.5. The fourth-order valence-electron chi connectivity index (χ4n) is 5.62. The number of hydrogen-bond acceptors (Lipinski definition) is 6. The van der Waals surface area contributed by atoms with Gasteiger partial charge < -0.3 is 20.0 Å². The lowest BCUT2D eigenvalue weighted by Gasteiger charge is -2.42. The summed E-state index contributed by atoms with van der Waals surface area (Å²) in [6.45, 7) is 15.1. The van der Waals surface area contributed by atoms with Crippen LogP contribution in [-0.2, 0) is 17.8 Å². The number of benzene rings is 1. The zero-order valence-electron chi connectivity index (χ0n) is 23.8. The predicted octanol–water partition coefficient (Wildman–Crippen LogP) is 3.23. The standard InChI is InChI=1S/C30H48N4O3/c1-7-25(17-23(4)33-15-16-34(22(2)3)29(36)21-33)24(5)30(37)31(6)19-28(35)20-32-14-10-13-26-11-8-9-12-27(26)18-32/h8-9,11-12,17,22,28-29,35-36H,7,10,13-16,18-21H2,1-6H3/b23-17+,25-24+/t28-,29?/m0/s1. The van der Waals surface area contributed by atoms with Crippen LogP contribution >= 0.6 is 0 Å². The second kappa shape index (κ2) is 13.6. The molecule has 2 aliphatic rings. The molecular weight excluding hydrogens is 464 g/mol. The molecule has 1 saturated heterocycles. The van der Waals surface area contributed by atoms with Crippen LogP contribution in [0.5, 0.6) is 0 Å². The van der Waals surface area contributed by atoms with Crippen LogP contribution in [0.1, 0.15) is 58.6 Å². The number of hydrogen-bond donors (Lipinski definition) is 2. The summed E-state index contributed by atoms with van der Waals surface area (Å²) in [7, 11) is 1.78. The van der Waals surface area contributed by atoms with Crippen LogP contribution in [0.2, 0.25) is 0 Å².